The van der Waals surface area contributed by atoms with E-state index < -0.39 is 0 Å². The first kappa shape index (κ1) is 16.9. The Morgan fingerprint density at radius 2 is 1.61 bits per heavy atom. The number of hydrogen-bond donors (Lipinski definition) is 0. The van der Waals surface area contributed by atoms with Crippen molar-refractivity contribution >= 4 is 10.9 Å². The summed E-state index contributed by atoms with van der Waals surface area (Å²) in [5.74, 6) is 0.865. The van der Waals surface area contributed by atoms with Crippen molar-refractivity contribution in [1.29, 1.82) is 0 Å². The summed E-state index contributed by atoms with van der Waals surface area (Å²) < 4.78 is 5.40. The lowest BCUT2D eigenvalue weighted by molar-refractivity contribution is 0.412. The zero-order valence-electron chi connectivity index (χ0n) is 14.8. The summed E-state index contributed by atoms with van der Waals surface area (Å²) in [7, 11) is 1.69. The van der Waals surface area contributed by atoms with Gasteiger partial charge in [0.15, 0.2) is 0 Å². The van der Waals surface area contributed by atoms with Crippen LogP contribution in [0.2, 0.25) is 0 Å². The van der Waals surface area contributed by atoms with Gasteiger partial charge in [-0.1, -0.05) is 19.9 Å². The highest BCUT2D eigenvalue weighted by atomic mass is 16.5. The number of rotatable bonds is 2. The van der Waals surface area contributed by atoms with Crippen molar-refractivity contribution in [2.45, 2.75) is 34.6 Å². The van der Waals surface area contributed by atoms with Crippen molar-refractivity contribution in [3.63, 3.8) is 0 Å². The number of aromatic nitrogens is 2. The molecule has 0 atom stereocenters. The van der Waals surface area contributed by atoms with E-state index in [1.165, 1.54) is 5.56 Å². The average molecular weight is 308 g/mol. The van der Waals surface area contributed by atoms with Crippen LogP contribution in [0.1, 0.15) is 30.7 Å². The van der Waals surface area contributed by atoms with Crippen LogP contribution in [0, 0.1) is 20.8 Å². The standard InChI is InChI=1S/C18H18N2O.C2H6/c1-11-10-16(15-7-5-6-12(2)19-15)20-18-13(3)17(21-4)9-8-14(11)18;1-2/h5-10H,1-4H3;1-2H3. The molecule has 3 nitrogen and oxygen atoms in total. The Morgan fingerprint density at radius 1 is 0.870 bits per heavy atom. The molecule has 0 bridgehead atoms. The number of fused-ring (bicyclic) bond motifs is 1. The van der Waals surface area contributed by atoms with Gasteiger partial charge in [0.25, 0.3) is 0 Å². The lowest BCUT2D eigenvalue weighted by atomic mass is 10.0. The fraction of sp³-hybridized carbons (Fsp3) is 0.300. The summed E-state index contributed by atoms with van der Waals surface area (Å²) in [5.41, 5.74) is 6.04. The van der Waals surface area contributed by atoms with Crippen LogP contribution in [0.25, 0.3) is 22.3 Å². The van der Waals surface area contributed by atoms with E-state index in [4.69, 9.17) is 9.72 Å². The topological polar surface area (TPSA) is 35.0 Å². The lowest BCUT2D eigenvalue weighted by Crippen LogP contribution is -1.95. The van der Waals surface area contributed by atoms with Crippen molar-refractivity contribution in [1.82, 2.24) is 9.97 Å². The molecule has 3 aromatic rings. The van der Waals surface area contributed by atoms with E-state index in [9.17, 15) is 0 Å². The first-order valence-corrected chi connectivity index (χ1v) is 7.99. The maximum absolute atomic E-state index is 5.40. The quantitative estimate of drug-likeness (QED) is 0.648. The minimum Gasteiger partial charge on any atom is -0.496 e. The smallest absolute Gasteiger partial charge is 0.123 e. The molecule has 3 rings (SSSR count). The third kappa shape index (κ3) is 3.34. The van der Waals surface area contributed by atoms with Crippen LogP contribution >= 0.6 is 0 Å². The normalized spacial score (nSPS) is 10.2. The maximum atomic E-state index is 5.40. The molecule has 2 aromatic heterocycles. The number of ether oxygens (including phenoxy) is 1. The lowest BCUT2D eigenvalue weighted by Gasteiger charge is -2.11. The SMILES string of the molecule is CC.COc1ccc2c(C)cc(-c3cccc(C)n3)nc2c1C. The second-order valence-corrected chi connectivity index (χ2v) is 5.28. The third-order valence-corrected chi connectivity index (χ3v) is 3.76. The van der Waals surface area contributed by atoms with E-state index in [0.717, 1.165) is 39.3 Å². The third-order valence-electron chi connectivity index (χ3n) is 3.76. The van der Waals surface area contributed by atoms with Crippen LogP contribution in [0.4, 0.5) is 0 Å². The predicted octanol–water partition coefficient (Wildman–Crippen LogP) is 5.26. The predicted molar refractivity (Wildman–Crippen MR) is 97.1 cm³/mol. The summed E-state index contributed by atoms with van der Waals surface area (Å²) in [6, 6.07) is 12.2. The summed E-state index contributed by atoms with van der Waals surface area (Å²) >= 11 is 0. The Balaban J connectivity index is 0.000000924. The van der Waals surface area contributed by atoms with E-state index >= 15 is 0 Å². The zero-order valence-corrected chi connectivity index (χ0v) is 14.8. The van der Waals surface area contributed by atoms with Gasteiger partial charge in [-0.25, -0.2) is 4.98 Å². The van der Waals surface area contributed by atoms with Crippen molar-refractivity contribution in [2.24, 2.45) is 0 Å². The molecule has 2 heterocycles. The van der Waals surface area contributed by atoms with E-state index in [-0.39, 0.29) is 0 Å². The highest BCUT2D eigenvalue weighted by Gasteiger charge is 2.10. The summed E-state index contributed by atoms with van der Waals surface area (Å²) in [6.07, 6.45) is 0. The summed E-state index contributed by atoms with van der Waals surface area (Å²) in [6.45, 7) is 10.1. The molecule has 0 saturated heterocycles. The molecule has 3 heteroatoms. The maximum Gasteiger partial charge on any atom is 0.123 e. The molecule has 0 unspecified atom stereocenters. The average Bonchev–Trinajstić information content (AvgIpc) is 2.57. The molecule has 0 saturated carbocycles. The van der Waals surface area contributed by atoms with Crippen LogP contribution < -0.4 is 4.74 Å². The number of benzene rings is 1. The first-order chi connectivity index (χ1) is 11.1. The second kappa shape index (κ2) is 7.23. The van der Waals surface area contributed by atoms with Gasteiger partial charge >= 0.3 is 0 Å². The summed E-state index contributed by atoms with van der Waals surface area (Å²) in [4.78, 5) is 9.38. The molecular formula is C20H24N2O. The van der Waals surface area contributed by atoms with Gasteiger partial charge in [0.2, 0.25) is 0 Å². The number of pyridine rings is 2. The van der Waals surface area contributed by atoms with Crippen LogP contribution in [0.15, 0.2) is 36.4 Å². The van der Waals surface area contributed by atoms with Crippen molar-refractivity contribution < 1.29 is 4.74 Å². The molecule has 0 N–H and O–H groups in total. The molecular weight excluding hydrogens is 284 g/mol. The van der Waals surface area contributed by atoms with E-state index in [1.807, 2.05) is 52.0 Å². The molecule has 0 aliphatic rings. The fourth-order valence-corrected chi connectivity index (χ4v) is 2.62. The van der Waals surface area contributed by atoms with E-state index in [2.05, 4.69) is 24.0 Å². The van der Waals surface area contributed by atoms with Crippen LogP contribution in [0.5, 0.6) is 5.75 Å². The Morgan fingerprint density at radius 3 is 2.26 bits per heavy atom. The van der Waals surface area contributed by atoms with Gasteiger partial charge in [-0.3, -0.25) is 4.98 Å². The Labute approximate surface area is 138 Å². The second-order valence-electron chi connectivity index (χ2n) is 5.28. The summed E-state index contributed by atoms with van der Waals surface area (Å²) in [5, 5.41) is 1.16. The molecule has 0 radical (unpaired) electrons. The Bertz CT molecular complexity index is 825. The van der Waals surface area contributed by atoms with Gasteiger partial charge < -0.3 is 4.74 Å². The number of aryl methyl sites for hydroxylation is 3. The van der Waals surface area contributed by atoms with Gasteiger partial charge in [0.05, 0.1) is 24.0 Å². The first-order valence-electron chi connectivity index (χ1n) is 7.99. The van der Waals surface area contributed by atoms with E-state index in [1.54, 1.807) is 7.11 Å². The minimum absolute atomic E-state index is 0.865. The highest BCUT2D eigenvalue weighted by Crippen LogP contribution is 2.30. The van der Waals surface area contributed by atoms with Gasteiger partial charge in [0.1, 0.15) is 5.75 Å². The minimum atomic E-state index is 0.865. The monoisotopic (exact) mass is 308 g/mol. The molecule has 23 heavy (non-hydrogen) atoms. The number of methoxy groups -OCH3 is 1. The highest BCUT2D eigenvalue weighted by molar-refractivity contribution is 5.88. The molecule has 0 amide bonds. The molecule has 0 aliphatic carbocycles. The Kier molecular flexibility index (Phi) is 5.32. The van der Waals surface area contributed by atoms with Crippen LogP contribution in [-0.4, -0.2) is 17.1 Å². The van der Waals surface area contributed by atoms with Crippen LogP contribution in [-0.2, 0) is 0 Å². The molecule has 0 spiro atoms. The van der Waals surface area contributed by atoms with Crippen molar-refractivity contribution in [3.8, 4) is 17.1 Å². The molecule has 1 aromatic carbocycles. The Hall–Kier alpha value is -2.42. The zero-order chi connectivity index (χ0) is 17.0. The molecule has 0 fully saturated rings. The van der Waals surface area contributed by atoms with Crippen molar-refractivity contribution in [3.05, 3.63) is 53.2 Å². The van der Waals surface area contributed by atoms with Gasteiger partial charge in [-0.05, 0) is 56.7 Å². The van der Waals surface area contributed by atoms with Gasteiger partial charge in [0, 0.05) is 16.6 Å². The fourth-order valence-electron chi connectivity index (χ4n) is 2.62. The van der Waals surface area contributed by atoms with Crippen LogP contribution in [0.3, 0.4) is 0 Å². The van der Waals surface area contributed by atoms with E-state index in [0.29, 0.717) is 0 Å². The largest absolute Gasteiger partial charge is 0.496 e. The van der Waals surface area contributed by atoms with Crippen molar-refractivity contribution in [2.75, 3.05) is 7.11 Å². The molecule has 120 valence electrons. The number of nitrogens with zero attached hydrogens (tertiary/aromatic N) is 2. The number of hydrogen-bond acceptors (Lipinski definition) is 3. The van der Waals surface area contributed by atoms with Gasteiger partial charge in [-0.2, -0.15) is 0 Å². The molecule has 0 aliphatic heterocycles. The van der Waals surface area contributed by atoms with Gasteiger partial charge in [-0.15, -0.1) is 0 Å².